The smallest absolute Gasteiger partial charge is 0.302 e. The maximum atomic E-state index is 12.1. The van der Waals surface area contributed by atoms with Crippen molar-refractivity contribution in [2.75, 3.05) is 6.61 Å². The molecule has 0 aromatic heterocycles. The second-order valence-corrected chi connectivity index (χ2v) is 12.7. The number of hydrogen-bond donors (Lipinski definition) is 1. The minimum absolute atomic E-state index is 0.112. The normalized spacial score (nSPS) is 41.9. The molecule has 4 rings (SSSR count). The van der Waals surface area contributed by atoms with Crippen molar-refractivity contribution in [2.24, 2.45) is 46.3 Å². The lowest BCUT2D eigenvalue weighted by Crippen LogP contribution is -2.55. The first-order valence-electron chi connectivity index (χ1n) is 13.6. The maximum Gasteiger partial charge on any atom is 0.302 e. The molecule has 4 nitrogen and oxygen atoms in total. The molecule has 186 valence electrons. The van der Waals surface area contributed by atoms with Gasteiger partial charge in [-0.2, -0.15) is 0 Å². The Balaban J connectivity index is 1.41. The number of rotatable bonds is 7. The van der Waals surface area contributed by atoms with E-state index < -0.39 is 0 Å². The molecule has 0 spiro atoms. The molecule has 4 aliphatic carbocycles. The zero-order valence-corrected chi connectivity index (χ0v) is 21.6. The van der Waals surface area contributed by atoms with Gasteiger partial charge in [0.25, 0.3) is 0 Å². The van der Waals surface area contributed by atoms with Crippen LogP contribution < -0.4 is 0 Å². The van der Waals surface area contributed by atoms with Crippen LogP contribution in [0.1, 0.15) is 98.8 Å². The fraction of sp³-hybridized carbons (Fsp3) is 0.862. The van der Waals surface area contributed by atoms with Crippen LogP contribution >= 0.6 is 0 Å². The summed E-state index contributed by atoms with van der Waals surface area (Å²) >= 11 is 0. The number of ether oxygens (including phenoxy) is 1. The van der Waals surface area contributed by atoms with Crippen molar-refractivity contribution in [3.8, 4) is 0 Å². The molecular weight excluding hydrogens is 412 g/mol. The lowest BCUT2D eigenvalue weighted by Gasteiger charge is -2.60. The molecule has 0 unspecified atom stereocenters. The van der Waals surface area contributed by atoms with Gasteiger partial charge in [0, 0.05) is 13.3 Å². The Morgan fingerprint density at radius 1 is 1.15 bits per heavy atom. The molecule has 3 fully saturated rings. The summed E-state index contributed by atoms with van der Waals surface area (Å²) in [5.74, 6) is 3.44. The molecule has 0 radical (unpaired) electrons. The monoisotopic (exact) mass is 458 g/mol. The first kappa shape index (κ1) is 24.9. The van der Waals surface area contributed by atoms with Crippen molar-refractivity contribution in [2.45, 2.75) is 105 Å². The molecule has 0 heterocycles. The van der Waals surface area contributed by atoms with Crippen molar-refractivity contribution in [3.05, 3.63) is 11.6 Å². The van der Waals surface area contributed by atoms with Crippen LogP contribution in [0.25, 0.3) is 0 Å². The van der Waals surface area contributed by atoms with Crippen LogP contribution in [0.4, 0.5) is 0 Å². The molecule has 0 amide bonds. The Labute approximate surface area is 200 Å². The van der Waals surface area contributed by atoms with Crippen LogP contribution in [-0.4, -0.2) is 29.6 Å². The number of fused-ring (bicyclic) bond motifs is 5. The van der Waals surface area contributed by atoms with Crippen molar-refractivity contribution in [1.82, 2.24) is 0 Å². The summed E-state index contributed by atoms with van der Waals surface area (Å²) < 4.78 is 5.17. The third-order valence-electron chi connectivity index (χ3n) is 10.7. The maximum absolute atomic E-state index is 12.1. The number of hydrogen-bond acceptors (Lipinski definition) is 4. The summed E-state index contributed by atoms with van der Waals surface area (Å²) in [5, 5.41) is 11.3. The predicted molar refractivity (Wildman–Crippen MR) is 130 cm³/mol. The van der Waals surface area contributed by atoms with Gasteiger partial charge in [-0.1, -0.05) is 46.1 Å². The molecule has 4 aliphatic rings. The van der Waals surface area contributed by atoms with E-state index in [4.69, 9.17) is 4.74 Å². The van der Waals surface area contributed by atoms with Crippen LogP contribution in [0, 0.1) is 46.3 Å². The molecule has 0 aromatic carbocycles. The van der Waals surface area contributed by atoms with Gasteiger partial charge in [-0.05, 0) is 97.4 Å². The molecule has 0 aliphatic heterocycles. The molecule has 3 saturated carbocycles. The molecule has 0 saturated heterocycles. The molecule has 0 bridgehead atoms. The SMILES string of the molecule is CC(=O)OC[C@H](C)CCC[C@@H](C)[C@H]1CC[C@H]2[C@@H]3[C@H](O)CC4=CC(=O)CC[C@]4(C)[C@H]3CC[C@]12C. The van der Waals surface area contributed by atoms with E-state index in [0.29, 0.717) is 54.5 Å². The second-order valence-electron chi connectivity index (χ2n) is 12.7. The molecule has 9 atom stereocenters. The highest BCUT2D eigenvalue weighted by Gasteiger charge is 2.61. The Hall–Kier alpha value is -1.16. The third-order valence-corrected chi connectivity index (χ3v) is 10.7. The minimum Gasteiger partial charge on any atom is -0.466 e. The Kier molecular flexibility index (Phi) is 7.16. The number of esters is 1. The molecule has 1 N–H and O–H groups in total. The first-order valence-corrected chi connectivity index (χ1v) is 13.6. The summed E-state index contributed by atoms with van der Waals surface area (Å²) in [4.78, 5) is 23.1. The van der Waals surface area contributed by atoms with E-state index in [9.17, 15) is 14.7 Å². The van der Waals surface area contributed by atoms with Crippen LogP contribution in [0.5, 0.6) is 0 Å². The van der Waals surface area contributed by atoms with Gasteiger partial charge in [-0.3, -0.25) is 9.59 Å². The number of aliphatic hydroxyl groups is 1. The average Bonchev–Trinajstić information content (AvgIpc) is 3.10. The summed E-state index contributed by atoms with van der Waals surface area (Å²) in [6.07, 6.45) is 12.5. The summed E-state index contributed by atoms with van der Waals surface area (Å²) in [5.41, 5.74) is 1.68. The van der Waals surface area contributed by atoms with Crippen LogP contribution in [-0.2, 0) is 14.3 Å². The number of ketones is 1. The Morgan fingerprint density at radius 3 is 2.64 bits per heavy atom. The van der Waals surface area contributed by atoms with E-state index >= 15 is 0 Å². The third kappa shape index (κ3) is 4.58. The molecule has 0 aromatic rings. The van der Waals surface area contributed by atoms with Gasteiger partial charge in [-0.15, -0.1) is 0 Å². The highest BCUT2D eigenvalue weighted by Crippen LogP contribution is 2.67. The largest absolute Gasteiger partial charge is 0.466 e. The quantitative estimate of drug-likeness (QED) is 0.467. The number of carbonyl (C=O) groups is 2. The van der Waals surface area contributed by atoms with Gasteiger partial charge in [-0.25, -0.2) is 0 Å². The fourth-order valence-electron chi connectivity index (χ4n) is 8.83. The van der Waals surface area contributed by atoms with E-state index in [-0.39, 0.29) is 23.3 Å². The lowest BCUT2D eigenvalue weighted by molar-refractivity contribution is -0.142. The molecule has 4 heteroatoms. The van der Waals surface area contributed by atoms with Crippen LogP contribution in [0.3, 0.4) is 0 Å². The van der Waals surface area contributed by atoms with Gasteiger partial charge in [0.2, 0.25) is 0 Å². The minimum atomic E-state index is -0.291. The predicted octanol–water partition coefficient (Wildman–Crippen LogP) is 6.11. The van der Waals surface area contributed by atoms with E-state index in [0.717, 1.165) is 18.8 Å². The van der Waals surface area contributed by atoms with Crippen molar-refractivity contribution >= 4 is 11.8 Å². The van der Waals surface area contributed by atoms with Crippen LogP contribution in [0.15, 0.2) is 11.6 Å². The summed E-state index contributed by atoms with van der Waals surface area (Å²) in [6, 6.07) is 0. The van der Waals surface area contributed by atoms with E-state index in [1.165, 1.54) is 51.0 Å². The Bertz CT molecular complexity index is 786. The van der Waals surface area contributed by atoms with Gasteiger partial charge >= 0.3 is 5.97 Å². The zero-order chi connectivity index (χ0) is 24.0. The lowest BCUT2D eigenvalue weighted by atomic mass is 9.45. The summed E-state index contributed by atoms with van der Waals surface area (Å²) in [7, 11) is 0. The topological polar surface area (TPSA) is 63.6 Å². The van der Waals surface area contributed by atoms with Gasteiger partial charge < -0.3 is 9.84 Å². The van der Waals surface area contributed by atoms with Gasteiger partial charge in [0.05, 0.1) is 12.7 Å². The first-order chi connectivity index (χ1) is 15.6. The van der Waals surface area contributed by atoms with Crippen molar-refractivity contribution in [3.63, 3.8) is 0 Å². The van der Waals surface area contributed by atoms with Crippen molar-refractivity contribution in [1.29, 1.82) is 0 Å². The number of carbonyl (C=O) groups excluding carboxylic acids is 2. The number of aliphatic hydroxyl groups excluding tert-OH is 1. The van der Waals surface area contributed by atoms with Crippen LogP contribution in [0.2, 0.25) is 0 Å². The van der Waals surface area contributed by atoms with E-state index in [2.05, 4.69) is 27.7 Å². The Morgan fingerprint density at radius 2 is 1.91 bits per heavy atom. The highest BCUT2D eigenvalue weighted by molar-refractivity contribution is 5.91. The highest BCUT2D eigenvalue weighted by atomic mass is 16.5. The van der Waals surface area contributed by atoms with Crippen molar-refractivity contribution < 1.29 is 19.4 Å². The van der Waals surface area contributed by atoms with Gasteiger partial charge in [0.15, 0.2) is 5.78 Å². The second kappa shape index (κ2) is 9.47. The fourth-order valence-corrected chi connectivity index (χ4v) is 8.83. The van der Waals surface area contributed by atoms with Gasteiger partial charge in [0.1, 0.15) is 0 Å². The van der Waals surface area contributed by atoms with E-state index in [1.54, 1.807) is 0 Å². The zero-order valence-electron chi connectivity index (χ0n) is 21.6. The average molecular weight is 459 g/mol. The van der Waals surface area contributed by atoms with E-state index in [1.807, 2.05) is 6.08 Å². The molecule has 33 heavy (non-hydrogen) atoms. The standard InChI is InChI=1S/C29H46O4/c1-18(17-33-20(3)30)7-6-8-19(2)23-9-10-24-27-25(12-14-29(23,24)5)28(4)13-11-22(31)15-21(28)16-26(27)32/h15,18-19,23-27,32H,6-14,16-17H2,1-5H3/t18-,19-,23-,24+,25+,26-,27+,28+,29-/m1/s1. The summed E-state index contributed by atoms with van der Waals surface area (Å²) in [6.45, 7) is 11.6. The molecular formula is C29H46O4.